The molecular formula is C13H19NS. The molecule has 0 spiro atoms. The highest BCUT2D eigenvalue weighted by atomic mass is 32.2. The van der Waals surface area contributed by atoms with Crippen LogP contribution in [0, 0.1) is 5.92 Å². The Morgan fingerprint density at radius 3 is 3.07 bits per heavy atom. The fourth-order valence-corrected chi connectivity index (χ4v) is 3.61. The Balaban J connectivity index is 2.01. The highest BCUT2D eigenvalue weighted by Crippen LogP contribution is 2.42. The van der Waals surface area contributed by atoms with Gasteiger partial charge in [0.2, 0.25) is 0 Å². The molecule has 1 aromatic carbocycles. The molecule has 1 aromatic rings. The van der Waals surface area contributed by atoms with Crippen LogP contribution in [0.25, 0.3) is 0 Å². The van der Waals surface area contributed by atoms with Crippen LogP contribution in [-0.4, -0.2) is 19.3 Å². The Hall–Kier alpha value is -0.470. The molecule has 2 unspecified atom stereocenters. The van der Waals surface area contributed by atoms with Crippen LogP contribution in [0.1, 0.15) is 24.8 Å². The average molecular weight is 221 g/mol. The summed E-state index contributed by atoms with van der Waals surface area (Å²) in [4.78, 5) is 1.50. The average Bonchev–Trinajstić information content (AvgIpc) is 2.62. The van der Waals surface area contributed by atoms with Gasteiger partial charge in [-0.1, -0.05) is 25.1 Å². The van der Waals surface area contributed by atoms with Crippen LogP contribution < -0.4 is 5.32 Å². The van der Waals surface area contributed by atoms with E-state index in [2.05, 4.69) is 36.5 Å². The number of hydrogen-bond acceptors (Lipinski definition) is 2. The van der Waals surface area contributed by atoms with Gasteiger partial charge in [0.1, 0.15) is 0 Å². The van der Waals surface area contributed by atoms with Crippen molar-refractivity contribution in [2.24, 2.45) is 5.92 Å². The third-order valence-corrected chi connectivity index (χ3v) is 4.29. The topological polar surface area (TPSA) is 12.0 Å². The van der Waals surface area contributed by atoms with Gasteiger partial charge in [-0.2, -0.15) is 0 Å². The molecule has 0 bridgehead atoms. The SMILES string of the molecule is CNCC(C)CC1CSc2ccccc21. The first kappa shape index (κ1) is 11.0. The lowest BCUT2D eigenvalue weighted by Gasteiger charge is -2.16. The second kappa shape index (κ2) is 5.04. The van der Waals surface area contributed by atoms with Crippen LogP contribution in [0.5, 0.6) is 0 Å². The first-order chi connectivity index (χ1) is 7.31. The largest absolute Gasteiger partial charge is 0.319 e. The van der Waals surface area contributed by atoms with Crippen molar-refractivity contribution in [2.45, 2.75) is 24.2 Å². The lowest BCUT2D eigenvalue weighted by atomic mass is 9.91. The van der Waals surface area contributed by atoms with Crippen molar-refractivity contribution in [1.82, 2.24) is 5.32 Å². The summed E-state index contributed by atoms with van der Waals surface area (Å²) < 4.78 is 0. The third-order valence-electron chi connectivity index (χ3n) is 3.04. The van der Waals surface area contributed by atoms with E-state index in [-0.39, 0.29) is 0 Å². The maximum Gasteiger partial charge on any atom is 0.0107 e. The van der Waals surface area contributed by atoms with E-state index in [1.807, 2.05) is 18.8 Å². The minimum Gasteiger partial charge on any atom is -0.319 e. The maximum atomic E-state index is 3.26. The van der Waals surface area contributed by atoms with E-state index in [0.29, 0.717) is 0 Å². The standard InChI is InChI=1S/C13H19NS/c1-10(8-14-2)7-11-9-15-13-6-4-3-5-12(11)13/h3-6,10-11,14H,7-9H2,1-2H3. The van der Waals surface area contributed by atoms with Crippen molar-refractivity contribution in [1.29, 1.82) is 0 Å². The number of hydrogen-bond donors (Lipinski definition) is 1. The fraction of sp³-hybridized carbons (Fsp3) is 0.538. The van der Waals surface area contributed by atoms with Crippen molar-refractivity contribution in [3.63, 3.8) is 0 Å². The highest BCUT2D eigenvalue weighted by molar-refractivity contribution is 7.99. The zero-order chi connectivity index (χ0) is 10.7. The van der Waals surface area contributed by atoms with Crippen LogP contribution in [0.2, 0.25) is 0 Å². The molecule has 15 heavy (non-hydrogen) atoms. The quantitative estimate of drug-likeness (QED) is 0.838. The molecule has 0 saturated heterocycles. The molecule has 1 N–H and O–H groups in total. The van der Waals surface area contributed by atoms with Gasteiger partial charge in [0.05, 0.1) is 0 Å². The van der Waals surface area contributed by atoms with Gasteiger partial charge in [-0.15, -0.1) is 11.8 Å². The van der Waals surface area contributed by atoms with Crippen LogP contribution >= 0.6 is 11.8 Å². The van der Waals surface area contributed by atoms with Gasteiger partial charge in [-0.25, -0.2) is 0 Å². The maximum absolute atomic E-state index is 3.26. The second-order valence-electron chi connectivity index (χ2n) is 4.44. The number of rotatable bonds is 4. The summed E-state index contributed by atoms with van der Waals surface area (Å²) in [6, 6.07) is 8.86. The number of fused-ring (bicyclic) bond motifs is 1. The van der Waals surface area contributed by atoms with Crippen molar-refractivity contribution < 1.29 is 0 Å². The van der Waals surface area contributed by atoms with Crippen molar-refractivity contribution in [3.05, 3.63) is 29.8 Å². The Kier molecular flexibility index (Phi) is 3.71. The summed E-state index contributed by atoms with van der Waals surface area (Å²) in [5, 5.41) is 3.26. The van der Waals surface area contributed by atoms with Crippen molar-refractivity contribution >= 4 is 11.8 Å². The van der Waals surface area contributed by atoms with Crippen LogP contribution in [0.4, 0.5) is 0 Å². The summed E-state index contributed by atoms with van der Waals surface area (Å²) in [5.74, 6) is 2.81. The van der Waals surface area contributed by atoms with E-state index in [0.717, 1.165) is 18.4 Å². The zero-order valence-electron chi connectivity index (χ0n) is 9.49. The molecule has 1 nitrogen and oxygen atoms in total. The van der Waals surface area contributed by atoms with Crippen LogP contribution in [-0.2, 0) is 0 Å². The molecule has 0 aromatic heterocycles. The molecule has 0 aliphatic carbocycles. The minimum absolute atomic E-state index is 0.770. The molecule has 0 radical (unpaired) electrons. The van der Waals surface area contributed by atoms with Gasteiger partial charge in [0, 0.05) is 10.6 Å². The first-order valence-electron chi connectivity index (χ1n) is 5.67. The molecule has 1 aliphatic rings. The second-order valence-corrected chi connectivity index (χ2v) is 5.51. The Bertz CT molecular complexity index is 324. The fourth-order valence-electron chi connectivity index (χ4n) is 2.34. The molecular weight excluding hydrogens is 202 g/mol. The van der Waals surface area contributed by atoms with E-state index in [9.17, 15) is 0 Å². The molecule has 2 atom stereocenters. The summed E-state index contributed by atoms with van der Waals surface area (Å²) >= 11 is 2.02. The number of thioether (sulfide) groups is 1. The smallest absolute Gasteiger partial charge is 0.0107 e. The summed E-state index contributed by atoms with van der Waals surface area (Å²) in [7, 11) is 2.04. The highest BCUT2D eigenvalue weighted by Gasteiger charge is 2.23. The molecule has 0 amide bonds. The number of nitrogens with one attached hydrogen (secondary N) is 1. The predicted octanol–water partition coefficient (Wildman–Crippen LogP) is 3.12. The zero-order valence-corrected chi connectivity index (χ0v) is 10.3. The van der Waals surface area contributed by atoms with E-state index in [4.69, 9.17) is 0 Å². The van der Waals surface area contributed by atoms with E-state index in [1.54, 1.807) is 5.56 Å². The van der Waals surface area contributed by atoms with Gasteiger partial charge < -0.3 is 5.32 Å². The van der Waals surface area contributed by atoms with Crippen molar-refractivity contribution in [2.75, 3.05) is 19.3 Å². The van der Waals surface area contributed by atoms with Gasteiger partial charge >= 0.3 is 0 Å². The predicted molar refractivity (Wildman–Crippen MR) is 67.6 cm³/mol. The first-order valence-corrected chi connectivity index (χ1v) is 6.66. The molecule has 0 saturated carbocycles. The number of benzene rings is 1. The summed E-state index contributed by atoms with van der Waals surface area (Å²) in [6.07, 6.45) is 1.31. The summed E-state index contributed by atoms with van der Waals surface area (Å²) in [5.41, 5.74) is 1.57. The molecule has 1 aliphatic heterocycles. The van der Waals surface area contributed by atoms with Crippen molar-refractivity contribution in [3.8, 4) is 0 Å². The van der Waals surface area contributed by atoms with E-state index < -0.39 is 0 Å². The Labute approximate surface area is 96.7 Å². The Morgan fingerprint density at radius 2 is 2.27 bits per heavy atom. The normalized spacial score (nSPS) is 21.3. The third kappa shape index (κ3) is 2.56. The molecule has 82 valence electrons. The van der Waals surface area contributed by atoms with Gasteiger partial charge in [0.15, 0.2) is 0 Å². The minimum atomic E-state index is 0.770. The molecule has 1 heterocycles. The Morgan fingerprint density at radius 1 is 1.47 bits per heavy atom. The summed E-state index contributed by atoms with van der Waals surface area (Å²) in [6.45, 7) is 3.46. The lowest BCUT2D eigenvalue weighted by molar-refractivity contribution is 0.468. The molecule has 0 fully saturated rings. The van der Waals surface area contributed by atoms with E-state index in [1.165, 1.54) is 17.1 Å². The van der Waals surface area contributed by atoms with E-state index >= 15 is 0 Å². The lowest BCUT2D eigenvalue weighted by Crippen LogP contribution is -2.18. The molecule has 2 heteroatoms. The van der Waals surface area contributed by atoms with Crippen LogP contribution in [0.15, 0.2) is 29.2 Å². The van der Waals surface area contributed by atoms with Gasteiger partial charge in [-0.05, 0) is 43.5 Å². The molecule has 2 rings (SSSR count). The van der Waals surface area contributed by atoms with Gasteiger partial charge in [0.25, 0.3) is 0 Å². The van der Waals surface area contributed by atoms with Crippen LogP contribution in [0.3, 0.4) is 0 Å². The van der Waals surface area contributed by atoms with Gasteiger partial charge in [-0.3, -0.25) is 0 Å². The monoisotopic (exact) mass is 221 g/mol.